The van der Waals surface area contributed by atoms with Gasteiger partial charge >= 0.3 is 5.97 Å². The molecule has 0 spiro atoms. The molecule has 35 heavy (non-hydrogen) atoms. The molecule has 1 aliphatic heterocycles. The SMILES string of the molecule is CO[C@@H]1O[C@H](COC(=O)c2ccccc2)[C@@H](N)[C@H]1OCc1ccc(OSC(C)CBr)cc1[N+](=O)[O-]. The molecule has 1 fully saturated rings. The monoisotopic (exact) mass is 570 g/mol. The van der Waals surface area contributed by atoms with Crippen LogP contribution in [0.15, 0.2) is 48.5 Å². The maximum Gasteiger partial charge on any atom is 0.338 e. The van der Waals surface area contributed by atoms with Gasteiger partial charge in [-0.3, -0.25) is 10.1 Å². The zero-order valence-corrected chi connectivity index (χ0v) is 21.6. The number of carbonyl (C=O) groups is 1. The van der Waals surface area contributed by atoms with Crippen LogP contribution in [0.2, 0.25) is 0 Å². The molecule has 1 heterocycles. The van der Waals surface area contributed by atoms with Gasteiger partial charge in [0.1, 0.15) is 24.6 Å². The number of benzene rings is 2. The minimum atomic E-state index is -0.825. The second kappa shape index (κ2) is 13.2. The van der Waals surface area contributed by atoms with Crippen molar-refractivity contribution in [3.63, 3.8) is 0 Å². The predicted octanol–water partition coefficient (Wildman–Crippen LogP) is 3.85. The fourth-order valence-corrected chi connectivity index (χ4v) is 4.07. The van der Waals surface area contributed by atoms with Gasteiger partial charge in [-0.15, -0.1) is 0 Å². The summed E-state index contributed by atoms with van der Waals surface area (Å²) in [5.41, 5.74) is 6.93. The maximum atomic E-state index is 12.2. The van der Waals surface area contributed by atoms with Crippen molar-refractivity contribution in [3.8, 4) is 5.75 Å². The number of esters is 1. The normalized spacial score (nSPS) is 22.5. The number of rotatable bonds is 12. The van der Waals surface area contributed by atoms with Crippen LogP contribution in [0.4, 0.5) is 5.69 Å². The molecule has 2 N–H and O–H groups in total. The Balaban J connectivity index is 1.61. The van der Waals surface area contributed by atoms with Crippen LogP contribution >= 0.6 is 28.0 Å². The van der Waals surface area contributed by atoms with Crippen LogP contribution in [0.5, 0.6) is 5.75 Å². The lowest BCUT2D eigenvalue weighted by Gasteiger charge is -2.20. The number of hydrogen-bond acceptors (Lipinski definition) is 10. The molecule has 12 heteroatoms. The Labute approximate surface area is 215 Å². The minimum Gasteiger partial charge on any atom is -0.459 e. The molecule has 5 atom stereocenters. The highest BCUT2D eigenvalue weighted by Gasteiger charge is 2.44. The average molecular weight is 571 g/mol. The van der Waals surface area contributed by atoms with Crippen LogP contribution < -0.4 is 9.92 Å². The van der Waals surface area contributed by atoms with Gasteiger partial charge in [0, 0.05) is 17.7 Å². The molecule has 3 rings (SSSR count). The summed E-state index contributed by atoms with van der Waals surface area (Å²) >= 11 is 4.57. The molecule has 190 valence electrons. The minimum absolute atomic E-state index is 0.0920. The number of nitro benzene ring substituents is 1. The lowest BCUT2D eigenvalue weighted by Crippen LogP contribution is -2.44. The number of hydrogen-bond donors (Lipinski definition) is 1. The first-order valence-electron chi connectivity index (χ1n) is 10.8. The summed E-state index contributed by atoms with van der Waals surface area (Å²) in [4.78, 5) is 23.4. The number of methoxy groups -OCH3 is 1. The summed E-state index contributed by atoms with van der Waals surface area (Å²) in [5.74, 6) is -0.129. The number of nitrogens with two attached hydrogens (primary N) is 1. The Morgan fingerprint density at radius 2 is 2.03 bits per heavy atom. The predicted molar refractivity (Wildman–Crippen MR) is 134 cm³/mol. The number of nitro groups is 1. The third-order valence-corrected chi connectivity index (χ3v) is 7.40. The molecule has 1 saturated heterocycles. The highest BCUT2D eigenvalue weighted by atomic mass is 79.9. The third kappa shape index (κ3) is 7.38. The second-order valence-corrected chi connectivity index (χ2v) is 9.60. The molecule has 0 saturated carbocycles. The number of alkyl halides is 1. The Morgan fingerprint density at radius 3 is 2.69 bits per heavy atom. The van der Waals surface area contributed by atoms with Gasteiger partial charge in [-0.05, 0) is 31.2 Å². The van der Waals surface area contributed by atoms with Gasteiger partial charge < -0.3 is 28.9 Å². The van der Waals surface area contributed by atoms with Gasteiger partial charge in [0.05, 0.1) is 46.8 Å². The lowest BCUT2D eigenvalue weighted by atomic mass is 10.1. The molecule has 0 aromatic heterocycles. The van der Waals surface area contributed by atoms with Crippen LogP contribution in [0.25, 0.3) is 0 Å². The van der Waals surface area contributed by atoms with E-state index in [0.717, 1.165) is 5.33 Å². The maximum absolute atomic E-state index is 12.2. The molecule has 0 radical (unpaired) electrons. The van der Waals surface area contributed by atoms with E-state index in [1.807, 2.05) is 6.92 Å². The van der Waals surface area contributed by atoms with Crippen molar-refractivity contribution in [2.45, 2.75) is 43.3 Å². The highest BCUT2D eigenvalue weighted by molar-refractivity contribution is 9.09. The number of nitrogens with zero attached hydrogens (tertiary/aromatic N) is 1. The summed E-state index contributed by atoms with van der Waals surface area (Å²) in [7, 11) is 1.44. The van der Waals surface area contributed by atoms with Gasteiger partial charge in [0.25, 0.3) is 5.69 Å². The molecule has 2 aromatic rings. The van der Waals surface area contributed by atoms with E-state index < -0.39 is 35.4 Å². The topological polar surface area (TPSA) is 132 Å². The molecule has 1 aliphatic rings. The van der Waals surface area contributed by atoms with E-state index in [9.17, 15) is 14.9 Å². The van der Waals surface area contributed by atoms with Crippen molar-refractivity contribution in [1.29, 1.82) is 0 Å². The van der Waals surface area contributed by atoms with Crippen molar-refractivity contribution in [3.05, 3.63) is 69.8 Å². The zero-order valence-electron chi connectivity index (χ0n) is 19.2. The molecule has 0 aliphatic carbocycles. The van der Waals surface area contributed by atoms with Gasteiger partial charge in [0.15, 0.2) is 6.29 Å². The van der Waals surface area contributed by atoms with Crippen molar-refractivity contribution in [1.82, 2.24) is 0 Å². The second-order valence-electron chi connectivity index (χ2n) is 7.79. The number of ether oxygens (including phenoxy) is 4. The van der Waals surface area contributed by atoms with Crippen LogP contribution in [0, 0.1) is 10.1 Å². The van der Waals surface area contributed by atoms with Gasteiger partial charge in [-0.2, -0.15) is 0 Å². The zero-order chi connectivity index (χ0) is 25.4. The van der Waals surface area contributed by atoms with E-state index in [1.165, 1.54) is 25.2 Å². The summed E-state index contributed by atoms with van der Waals surface area (Å²) in [6.45, 7) is 1.77. The van der Waals surface area contributed by atoms with Crippen LogP contribution in [0.1, 0.15) is 22.8 Å². The molecule has 1 unspecified atom stereocenters. The first kappa shape index (κ1) is 27.4. The quantitative estimate of drug-likeness (QED) is 0.132. The van der Waals surface area contributed by atoms with Gasteiger partial charge in [-0.25, -0.2) is 4.79 Å². The van der Waals surface area contributed by atoms with E-state index >= 15 is 0 Å². The van der Waals surface area contributed by atoms with Crippen molar-refractivity contribution in [2.75, 3.05) is 19.0 Å². The van der Waals surface area contributed by atoms with E-state index in [2.05, 4.69) is 15.9 Å². The van der Waals surface area contributed by atoms with E-state index in [4.69, 9.17) is 28.9 Å². The van der Waals surface area contributed by atoms with Crippen LogP contribution in [-0.4, -0.2) is 59.7 Å². The molecule has 0 amide bonds. The summed E-state index contributed by atoms with van der Waals surface area (Å²) in [5, 5.41) is 12.5. The standard InChI is InChI=1S/C23H27BrN2O8S/c1-14(11-24)35-34-17-9-8-16(18(10-17)26(28)29)12-31-21-20(25)19(33-23(21)30-2)13-32-22(27)15-6-4-3-5-7-15/h3-10,14,19-21,23H,11-13,25H2,1-2H3/t14?,19-,20-,21-,23-/m1/s1. The summed E-state index contributed by atoms with van der Waals surface area (Å²) < 4.78 is 27.9. The fourth-order valence-electron chi connectivity index (χ4n) is 3.32. The first-order valence-corrected chi connectivity index (χ1v) is 12.7. The molecular formula is C23H27BrN2O8S. The van der Waals surface area contributed by atoms with Crippen molar-refractivity contribution >= 4 is 39.6 Å². The Morgan fingerprint density at radius 1 is 1.29 bits per heavy atom. The highest BCUT2D eigenvalue weighted by Crippen LogP contribution is 2.30. The van der Waals surface area contributed by atoms with E-state index in [-0.39, 0.29) is 24.2 Å². The first-order chi connectivity index (χ1) is 16.8. The van der Waals surface area contributed by atoms with Crippen molar-refractivity contribution < 1.29 is 32.8 Å². The molecule has 0 bridgehead atoms. The Hall–Kier alpha value is -2.22. The molecular weight excluding hydrogens is 544 g/mol. The average Bonchev–Trinajstić information content (AvgIpc) is 3.19. The Bertz CT molecular complexity index is 999. The lowest BCUT2D eigenvalue weighted by molar-refractivity contribution is -0.386. The Kier molecular flexibility index (Phi) is 10.3. The van der Waals surface area contributed by atoms with Gasteiger partial charge in [-0.1, -0.05) is 34.1 Å². The van der Waals surface area contributed by atoms with Gasteiger partial charge in [0.2, 0.25) is 0 Å². The summed E-state index contributed by atoms with van der Waals surface area (Å²) in [6.07, 6.45) is -2.22. The number of halogens is 1. The largest absolute Gasteiger partial charge is 0.459 e. The van der Waals surface area contributed by atoms with E-state index in [1.54, 1.807) is 42.5 Å². The molecule has 10 nitrogen and oxygen atoms in total. The smallest absolute Gasteiger partial charge is 0.338 e. The fraction of sp³-hybridized carbons (Fsp3) is 0.435. The van der Waals surface area contributed by atoms with Crippen LogP contribution in [-0.2, 0) is 25.6 Å². The third-order valence-electron chi connectivity index (χ3n) is 5.22. The van der Waals surface area contributed by atoms with Crippen LogP contribution in [0.3, 0.4) is 0 Å². The van der Waals surface area contributed by atoms with E-state index in [0.29, 0.717) is 16.9 Å². The number of carbonyl (C=O) groups excluding carboxylic acids is 1. The molecule has 2 aromatic carbocycles. The summed E-state index contributed by atoms with van der Waals surface area (Å²) in [6, 6.07) is 12.5. The van der Waals surface area contributed by atoms with Crippen molar-refractivity contribution in [2.24, 2.45) is 5.73 Å².